The SMILES string of the molecule is CNC(CC(=O)O)c1ccc(OC(F)F)cc1. The number of nitrogens with one attached hydrogen (secondary N) is 1. The van der Waals surface area contributed by atoms with Crippen LogP contribution in [-0.4, -0.2) is 24.7 Å². The van der Waals surface area contributed by atoms with Gasteiger partial charge in [-0.05, 0) is 24.7 Å². The zero-order valence-corrected chi connectivity index (χ0v) is 9.19. The summed E-state index contributed by atoms with van der Waals surface area (Å²) in [6.45, 7) is -2.86. The number of ether oxygens (including phenoxy) is 1. The Hall–Kier alpha value is -1.69. The van der Waals surface area contributed by atoms with Crippen molar-refractivity contribution in [3.05, 3.63) is 29.8 Å². The summed E-state index contributed by atoms with van der Waals surface area (Å²) in [5.41, 5.74) is 0.705. The van der Waals surface area contributed by atoms with Gasteiger partial charge in [-0.2, -0.15) is 8.78 Å². The first kappa shape index (κ1) is 13.4. The summed E-state index contributed by atoms with van der Waals surface area (Å²) in [6.07, 6.45) is -0.0778. The lowest BCUT2D eigenvalue weighted by atomic mass is 10.0. The van der Waals surface area contributed by atoms with Crippen molar-refractivity contribution in [3.8, 4) is 5.75 Å². The van der Waals surface area contributed by atoms with E-state index in [1.54, 1.807) is 19.2 Å². The topological polar surface area (TPSA) is 58.6 Å². The molecular weight excluding hydrogens is 232 g/mol. The smallest absolute Gasteiger partial charge is 0.387 e. The van der Waals surface area contributed by atoms with Gasteiger partial charge in [0.25, 0.3) is 0 Å². The minimum atomic E-state index is -2.86. The second-order valence-electron chi connectivity index (χ2n) is 3.39. The number of carbonyl (C=O) groups is 1. The molecule has 0 aliphatic heterocycles. The minimum Gasteiger partial charge on any atom is -0.481 e. The maximum atomic E-state index is 11.9. The maximum Gasteiger partial charge on any atom is 0.387 e. The van der Waals surface area contributed by atoms with E-state index in [4.69, 9.17) is 5.11 Å². The fourth-order valence-corrected chi connectivity index (χ4v) is 1.44. The summed E-state index contributed by atoms with van der Waals surface area (Å²) in [4.78, 5) is 10.6. The third-order valence-electron chi connectivity index (χ3n) is 2.23. The molecule has 0 fully saturated rings. The van der Waals surface area contributed by atoms with Crippen molar-refractivity contribution in [3.63, 3.8) is 0 Å². The van der Waals surface area contributed by atoms with Crippen LogP contribution >= 0.6 is 0 Å². The number of aliphatic carboxylic acids is 1. The predicted octanol–water partition coefficient (Wildman–Crippen LogP) is 2.02. The Morgan fingerprint density at radius 1 is 1.41 bits per heavy atom. The molecule has 0 spiro atoms. The average molecular weight is 245 g/mol. The highest BCUT2D eigenvalue weighted by Crippen LogP contribution is 2.21. The van der Waals surface area contributed by atoms with E-state index >= 15 is 0 Å². The number of alkyl halides is 2. The van der Waals surface area contributed by atoms with Crippen LogP contribution in [0.25, 0.3) is 0 Å². The first-order chi connectivity index (χ1) is 8.02. The lowest BCUT2D eigenvalue weighted by Crippen LogP contribution is -2.19. The minimum absolute atomic E-state index is 0.0499. The van der Waals surface area contributed by atoms with Crippen molar-refractivity contribution < 1.29 is 23.4 Å². The molecule has 0 aromatic heterocycles. The van der Waals surface area contributed by atoms with Gasteiger partial charge >= 0.3 is 12.6 Å². The quantitative estimate of drug-likeness (QED) is 0.805. The molecule has 1 atom stereocenters. The first-order valence-electron chi connectivity index (χ1n) is 4.96. The van der Waals surface area contributed by atoms with Gasteiger partial charge in [0, 0.05) is 6.04 Å². The molecule has 1 rings (SSSR count). The number of halogens is 2. The molecule has 0 radical (unpaired) electrons. The van der Waals surface area contributed by atoms with Gasteiger partial charge in [-0.15, -0.1) is 0 Å². The Labute approximate surface area is 97.2 Å². The van der Waals surface area contributed by atoms with Crippen LogP contribution in [0.15, 0.2) is 24.3 Å². The van der Waals surface area contributed by atoms with Crippen LogP contribution in [0, 0.1) is 0 Å². The number of carboxylic acid groups (broad SMARTS) is 1. The number of rotatable bonds is 6. The van der Waals surface area contributed by atoms with E-state index in [0.717, 1.165) is 0 Å². The summed E-state index contributed by atoms with van der Waals surface area (Å²) in [5.74, 6) is -0.883. The Balaban J connectivity index is 2.74. The zero-order chi connectivity index (χ0) is 12.8. The second kappa shape index (κ2) is 6.15. The molecule has 0 heterocycles. The Morgan fingerprint density at radius 3 is 2.41 bits per heavy atom. The van der Waals surface area contributed by atoms with Gasteiger partial charge in [0.1, 0.15) is 5.75 Å². The fourth-order valence-electron chi connectivity index (χ4n) is 1.44. The lowest BCUT2D eigenvalue weighted by Gasteiger charge is -2.14. The third-order valence-corrected chi connectivity index (χ3v) is 2.23. The Kier molecular flexibility index (Phi) is 4.84. The van der Waals surface area contributed by atoms with Crippen molar-refractivity contribution in [2.75, 3.05) is 7.05 Å². The molecule has 0 saturated heterocycles. The highest BCUT2D eigenvalue weighted by atomic mass is 19.3. The normalized spacial score (nSPS) is 12.5. The monoisotopic (exact) mass is 245 g/mol. The van der Waals surface area contributed by atoms with Crippen LogP contribution in [0.4, 0.5) is 8.78 Å². The van der Waals surface area contributed by atoms with E-state index in [0.29, 0.717) is 5.56 Å². The van der Waals surface area contributed by atoms with Crippen LogP contribution in [0.1, 0.15) is 18.0 Å². The summed E-state index contributed by atoms with van der Waals surface area (Å²) in [7, 11) is 1.64. The molecule has 1 unspecified atom stereocenters. The largest absolute Gasteiger partial charge is 0.481 e. The molecule has 1 aromatic rings. The molecule has 1 aromatic carbocycles. The van der Waals surface area contributed by atoms with Crippen LogP contribution in [0.2, 0.25) is 0 Å². The molecule has 0 bridgehead atoms. The van der Waals surface area contributed by atoms with E-state index < -0.39 is 12.6 Å². The molecule has 0 amide bonds. The van der Waals surface area contributed by atoms with Crippen LogP contribution < -0.4 is 10.1 Å². The summed E-state index contributed by atoms with van der Waals surface area (Å²) in [5, 5.41) is 11.5. The van der Waals surface area contributed by atoms with Gasteiger partial charge in [-0.3, -0.25) is 4.79 Å². The summed E-state index contributed by atoms with van der Waals surface area (Å²) in [6, 6.07) is 5.53. The number of benzene rings is 1. The second-order valence-corrected chi connectivity index (χ2v) is 3.39. The zero-order valence-electron chi connectivity index (χ0n) is 9.19. The molecule has 2 N–H and O–H groups in total. The van der Waals surface area contributed by atoms with E-state index in [1.165, 1.54) is 12.1 Å². The number of hydrogen-bond acceptors (Lipinski definition) is 3. The molecule has 94 valence electrons. The number of hydrogen-bond donors (Lipinski definition) is 2. The van der Waals surface area contributed by atoms with E-state index in [-0.39, 0.29) is 18.2 Å². The predicted molar refractivity (Wildman–Crippen MR) is 57.1 cm³/mol. The third kappa shape index (κ3) is 4.36. The molecule has 6 heteroatoms. The number of carboxylic acids is 1. The van der Waals surface area contributed by atoms with Crippen LogP contribution in [0.3, 0.4) is 0 Å². The summed E-state index contributed by atoms with van der Waals surface area (Å²) >= 11 is 0. The molecule has 0 saturated carbocycles. The van der Waals surface area contributed by atoms with Crippen LogP contribution in [-0.2, 0) is 4.79 Å². The Bertz CT molecular complexity index is 367. The van der Waals surface area contributed by atoms with Gasteiger partial charge in [0.15, 0.2) is 0 Å². The fraction of sp³-hybridized carbons (Fsp3) is 0.364. The maximum absolute atomic E-state index is 11.9. The average Bonchev–Trinajstić information content (AvgIpc) is 2.26. The first-order valence-corrected chi connectivity index (χ1v) is 4.96. The van der Waals surface area contributed by atoms with Gasteiger partial charge in [0.2, 0.25) is 0 Å². The van der Waals surface area contributed by atoms with Gasteiger partial charge in [-0.1, -0.05) is 12.1 Å². The van der Waals surface area contributed by atoms with Crippen molar-refractivity contribution >= 4 is 5.97 Å². The highest BCUT2D eigenvalue weighted by Gasteiger charge is 2.13. The molecule has 4 nitrogen and oxygen atoms in total. The van der Waals surface area contributed by atoms with E-state index in [9.17, 15) is 13.6 Å². The standard InChI is InChI=1S/C11H13F2NO3/c1-14-9(6-10(15)16)7-2-4-8(5-3-7)17-11(12)13/h2-5,9,11,14H,6H2,1H3,(H,15,16). The molecule has 17 heavy (non-hydrogen) atoms. The van der Waals surface area contributed by atoms with Crippen molar-refractivity contribution in [1.29, 1.82) is 0 Å². The van der Waals surface area contributed by atoms with Crippen molar-refractivity contribution in [2.24, 2.45) is 0 Å². The Morgan fingerprint density at radius 2 is 2.00 bits per heavy atom. The molecule has 0 aliphatic carbocycles. The van der Waals surface area contributed by atoms with E-state index in [1.807, 2.05) is 0 Å². The van der Waals surface area contributed by atoms with E-state index in [2.05, 4.69) is 10.1 Å². The van der Waals surface area contributed by atoms with Crippen LogP contribution in [0.5, 0.6) is 5.75 Å². The molecular formula is C11H13F2NO3. The highest BCUT2D eigenvalue weighted by molar-refractivity contribution is 5.67. The van der Waals surface area contributed by atoms with Gasteiger partial charge in [-0.25, -0.2) is 0 Å². The van der Waals surface area contributed by atoms with Gasteiger partial charge < -0.3 is 15.2 Å². The van der Waals surface area contributed by atoms with Crippen molar-refractivity contribution in [1.82, 2.24) is 5.32 Å². The molecule has 0 aliphatic rings. The van der Waals surface area contributed by atoms with Gasteiger partial charge in [0.05, 0.1) is 6.42 Å². The van der Waals surface area contributed by atoms with Crippen molar-refractivity contribution in [2.45, 2.75) is 19.1 Å². The summed E-state index contributed by atoms with van der Waals surface area (Å²) < 4.78 is 28.0. The lowest BCUT2D eigenvalue weighted by molar-refractivity contribution is -0.137.